The Hall–Kier alpha value is -3.28. The maximum Gasteiger partial charge on any atom is 0.573 e. The van der Waals surface area contributed by atoms with E-state index in [1.54, 1.807) is 6.07 Å². The van der Waals surface area contributed by atoms with Gasteiger partial charge in [0.2, 0.25) is 17.1 Å². The maximum absolute atomic E-state index is 12.8. The van der Waals surface area contributed by atoms with Crippen molar-refractivity contribution in [3.63, 3.8) is 0 Å². The van der Waals surface area contributed by atoms with Gasteiger partial charge in [-0.2, -0.15) is 4.52 Å². The van der Waals surface area contributed by atoms with E-state index in [0.717, 1.165) is 44.9 Å². The van der Waals surface area contributed by atoms with E-state index >= 15 is 0 Å². The molecule has 2 aliphatic carbocycles. The Bertz CT molecular complexity index is 1270. The number of aromatic nitrogens is 4. The summed E-state index contributed by atoms with van der Waals surface area (Å²) in [6, 6.07) is 5.94. The molecule has 0 unspecified atom stereocenters. The molecule has 1 spiro atoms. The third-order valence-corrected chi connectivity index (χ3v) is 7.36. The molecular formula is C24H27F3N6O3. The van der Waals surface area contributed by atoms with Crippen LogP contribution in [0.25, 0.3) is 17.0 Å². The molecule has 12 heteroatoms. The molecule has 0 saturated heterocycles. The first-order valence-corrected chi connectivity index (χ1v) is 12.2. The van der Waals surface area contributed by atoms with E-state index < -0.39 is 6.36 Å². The summed E-state index contributed by atoms with van der Waals surface area (Å²) in [6.45, 7) is 1.02. The number of fused-ring (bicyclic) bond motifs is 3. The van der Waals surface area contributed by atoms with Crippen LogP contribution in [0.1, 0.15) is 44.9 Å². The smallest absolute Gasteiger partial charge is 0.486 e. The summed E-state index contributed by atoms with van der Waals surface area (Å²) in [5.74, 6) is 1.34. The topological polar surface area (TPSA) is 109 Å². The molecule has 3 N–H and O–H groups in total. The van der Waals surface area contributed by atoms with Gasteiger partial charge >= 0.3 is 6.36 Å². The quantitative estimate of drug-likeness (QED) is 0.541. The molecule has 1 aliphatic heterocycles. The summed E-state index contributed by atoms with van der Waals surface area (Å²) in [5.41, 5.74) is 6.76. The molecule has 0 bridgehead atoms. The van der Waals surface area contributed by atoms with Crippen molar-refractivity contribution in [2.45, 2.75) is 63.4 Å². The van der Waals surface area contributed by atoms with Crippen LogP contribution in [0.3, 0.4) is 0 Å². The van der Waals surface area contributed by atoms with Crippen molar-refractivity contribution in [3.8, 4) is 28.6 Å². The number of hydrogen-bond acceptors (Lipinski definition) is 8. The summed E-state index contributed by atoms with van der Waals surface area (Å²) >= 11 is 0. The predicted molar refractivity (Wildman–Crippen MR) is 124 cm³/mol. The lowest BCUT2D eigenvalue weighted by atomic mass is 9.70. The number of ether oxygens (including phenoxy) is 3. The number of nitrogens with one attached hydrogen (secondary N) is 1. The molecule has 3 heterocycles. The van der Waals surface area contributed by atoms with Gasteiger partial charge in [-0.05, 0) is 50.7 Å². The fourth-order valence-corrected chi connectivity index (χ4v) is 5.16. The highest BCUT2D eigenvalue weighted by molar-refractivity contribution is 5.72. The van der Waals surface area contributed by atoms with E-state index in [-0.39, 0.29) is 29.1 Å². The van der Waals surface area contributed by atoms with Crippen molar-refractivity contribution in [2.75, 3.05) is 18.5 Å². The molecule has 0 amide bonds. The lowest BCUT2D eigenvalue weighted by Crippen LogP contribution is -2.39. The van der Waals surface area contributed by atoms with Gasteiger partial charge in [-0.3, -0.25) is 0 Å². The number of nitrogens with zero attached hydrogens (tertiary/aromatic N) is 4. The van der Waals surface area contributed by atoms with Crippen molar-refractivity contribution in [1.29, 1.82) is 0 Å². The molecule has 2 fully saturated rings. The third-order valence-electron chi connectivity index (χ3n) is 7.36. The molecule has 36 heavy (non-hydrogen) atoms. The highest BCUT2D eigenvalue weighted by Crippen LogP contribution is 2.48. The van der Waals surface area contributed by atoms with E-state index in [1.165, 1.54) is 22.7 Å². The number of alkyl halides is 3. The minimum atomic E-state index is -4.80. The number of halogens is 3. The number of rotatable bonds is 4. The molecule has 6 rings (SSSR count). The van der Waals surface area contributed by atoms with Crippen LogP contribution in [0.2, 0.25) is 0 Å². The summed E-state index contributed by atoms with van der Waals surface area (Å²) in [6.07, 6.45) is 1.99. The van der Waals surface area contributed by atoms with Crippen molar-refractivity contribution in [3.05, 3.63) is 24.3 Å². The Labute approximate surface area is 205 Å². The first-order valence-electron chi connectivity index (χ1n) is 12.2. The molecule has 3 aromatic rings. The average molecular weight is 505 g/mol. The van der Waals surface area contributed by atoms with Gasteiger partial charge in [0, 0.05) is 23.1 Å². The third kappa shape index (κ3) is 4.38. The van der Waals surface area contributed by atoms with Crippen molar-refractivity contribution >= 4 is 11.5 Å². The summed E-state index contributed by atoms with van der Waals surface area (Å²) in [4.78, 5) is 0. The molecule has 9 nitrogen and oxygen atoms in total. The summed E-state index contributed by atoms with van der Waals surface area (Å²) in [7, 11) is 0. The maximum atomic E-state index is 12.8. The van der Waals surface area contributed by atoms with Gasteiger partial charge in [-0.1, -0.05) is 18.6 Å². The Morgan fingerprint density at radius 2 is 1.81 bits per heavy atom. The number of benzene rings is 1. The fraction of sp³-hybridized carbons (Fsp3) is 0.542. The molecule has 2 saturated carbocycles. The van der Waals surface area contributed by atoms with Gasteiger partial charge in [0.15, 0.2) is 11.6 Å². The zero-order valence-corrected chi connectivity index (χ0v) is 19.6. The van der Waals surface area contributed by atoms with E-state index in [0.29, 0.717) is 41.7 Å². The highest BCUT2D eigenvalue weighted by atomic mass is 19.4. The zero-order valence-electron chi connectivity index (χ0n) is 19.6. The minimum Gasteiger partial charge on any atom is -0.486 e. The SMILES string of the molecule is NC1CCC(Nc2nn3c(-c4cccc(OC(F)(F)F)c4)nnc3c3c2OCC2(CCC2)CO3)CC1. The molecule has 0 radical (unpaired) electrons. The van der Waals surface area contributed by atoms with E-state index in [4.69, 9.17) is 20.3 Å². The zero-order chi connectivity index (χ0) is 24.9. The Morgan fingerprint density at radius 3 is 2.50 bits per heavy atom. The molecule has 192 valence electrons. The van der Waals surface area contributed by atoms with Crippen LogP contribution < -0.4 is 25.3 Å². The van der Waals surface area contributed by atoms with E-state index in [2.05, 4.69) is 20.3 Å². The highest BCUT2D eigenvalue weighted by Gasteiger charge is 2.42. The second-order valence-corrected chi connectivity index (χ2v) is 10.0. The predicted octanol–water partition coefficient (Wildman–Crippen LogP) is 4.31. The van der Waals surface area contributed by atoms with Gasteiger partial charge in [0.25, 0.3) is 0 Å². The normalized spacial score (nSPS) is 23.2. The molecule has 1 aromatic carbocycles. The number of nitrogens with two attached hydrogens (primary N) is 1. The molecule has 3 aliphatic rings. The van der Waals surface area contributed by atoms with Gasteiger partial charge in [-0.15, -0.1) is 28.5 Å². The number of hydrogen-bond donors (Lipinski definition) is 2. The van der Waals surface area contributed by atoms with E-state index in [1.807, 2.05) is 0 Å². The van der Waals surface area contributed by atoms with E-state index in [9.17, 15) is 13.2 Å². The van der Waals surface area contributed by atoms with Crippen LogP contribution in [-0.4, -0.2) is 51.5 Å². The van der Waals surface area contributed by atoms with Crippen LogP contribution in [0.5, 0.6) is 17.2 Å². The standard InChI is InChI=1S/C24H27F3N6O3/c25-24(26,27)36-17-4-1-3-14(11-17)21-30-31-22-19-18(34-12-23(13-35-19)9-2-10-23)20(32-33(21)22)29-16-7-5-15(28)6-8-16/h1,3-4,11,15-16H,2,5-10,12-13,28H2,(H,29,32). The van der Waals surface area contributed by atoms with Crippen LogP contribution in [0, 0.1) is 5.41 Å². The van der Waals surface area contributed by atoms with Crippen molar-refractivity contribution in [2.24, 2.45) is 11.1 Å². The lowest BCUT2D eigenvalue weighted by molar-refractivity contribution is -0.274. The monoisotopic (exact) mass is 504 g/mol. The molecular weight excluding hydrogens is 477 g/mol. The first-order chi connectivity index (χ1) is 17.3. The first kappa shape index (κ1) is 23.1. The second-order valence-electron chi connectivity index (χ2n) is 10.0. The molecule has 0 atom stereocenters. The van der Waals surface area contributed by atoms with Gasteiger partial charge in [-0.25, -0.2) is 0 Å². The van der Waals surface area contributed by atoms with Crippen LogP contribution in [0.15, 0.2) is 24.3 Å². The van der Waals surface area contributed by atoms with Crippen LogP contribution in [-0.2, 0) is 0 Å². The Balaban J connectivity index is 1.41. The van der Waals surface area contributed by atoms with Gasteiger partial charge in [0.1, 0.15) is 5.75 Å². The lowest BCUT2D eigenvalue weighted by Gasteiger charge is -2.39. The summed E-state index contributed by atoms with van der Waals surface area (Å²) < 4.78 is 56.5. The van der Waals surface area contributed by atoms with Crippen LogP contribution in [0.4, 0.5) is 19.0 Å². The Kier molecular flexibility index (Phi) is 5.58. The van der Waals surface area contributed by atoms with Gasteiger partial charge in [0.05, 0.1) is 13.2 Å². The Morgan fingerprint density at radius 1 is 1.06 bits per heavy atom. The van der Waals surface area contributed by atoms with Gasteiger partial charge < -0.3 is 25.3 Å². The largest absolute Gasteiger partial charge is 0.573 e. The number of anilines is 1. The van der Waals surface area contributed by atoms with Crippen molar-refractivity contribution in [1.82, 2.24) is 19.8 Å². The second kappa shape index (κ2) is 8.68. The van der Waals surface area contributed by atoms with Crippen LogP contribution >= 0.6 is 0 Å². The molecule has 2 aromatic heterocycles. The fourth-order valence-electron chi connectivity index (χ4n) is 5.16. The average Bonchev–Trinajstić information content (AvgIpc) is 3.11. The summed E-state index contributed by atoms with van der Waals surface area (Å²) in [5, 5.41) is 16.8. The van der Waals surface area contributed by atoms with Crippen molar-refractivity contribution < 1.29 is 27.4 Å². The minimum absolute atomic E-state index is 0.0307.